The van der Waals surface area contributed by atoms with Gasteiger partial charge in [-0.1, -0.05) is 12.1 Å². The zero-order chi connectivity index (χ0) is 12.3. The Morgan fingerprint density at radius 2 is 2.12 bits per heavy atom. The Kier molecular flexibility index (Phi) is 3.97. The fourth-order valence-corrected chi connectivity index (χ4v) is 2.23. The van der Waals surface area contributed by atoms with Gasteiger partial charge in [-0.3, -0.25) is 0 Å². The highest BCUT2D eigenvalue weighted by Crippen LogP contribution is 2.21. The van der Waals surface area contributed by atoms with Gasteiger partial charge < -0.3 is 5.32 Å². The van der Waals surface area contributed by atoms with Crippen LogP contribution in [0.4, 0.5) is 0 Å². The van der Waals surface area contributed by atoms with Crippen LogP contribution in [0.1, 0.15) is 11.3 Å². The van der Waals surface area contributed by atoms with Gasteiger partial charge in [0.2, 0.25) is 0 Å². The predicted molar refractivity (Wildman–Crippen MR) is 73.6 cm³/mol. The van der Waals surface area contributed by atoms with Crippen molar-refractivity contribution in [3.63, 3.8) is 0 Å². The first-order valence-corrected chi connectivity index (χ1v) is 6.46. The van der Waals surface area contributed by atoms with Gasteiger partial charge in [-0.2, -0.15) is 5.10 Å². The second-order valence-corrected chi connectivity index (χ2v) is 4.84. The molecule has 0 atom stereocenters. The van der Waals surface area contributed by atoms with Gasteiger partial charge in [0.05, 0.1) is 11.4 Å². The van der Waals surface area contributed by atoms with Crippen LogP contribution in [0.3, 0.4) is 0 Å². The monoisotopic (exact) mass is 293 g/mol. The normalized spacial score (nSPS) is 10.8. The molecule has 90 valence electrons. The first-order valence-electron chi connectivity index (χ1n) is 5.67. The van der Waals surface area contributed by atoms with Crippen molar-refractivity contribution in [2.24, 2.45) is 0 Å². The Bertz CT molecular complexity index is 505. The number of nitrogens with zero attached hydrogens (tertiary/aromatic N) is 2. The number of hydrogen-bond acceptors (Lipinski definition) is 2. The van der Waals surface area contributed by atoms with Crippen molar-refractivity contribution >= 4 is 15.9 Å². The van der Waals surface area contributed by atoms with Gasteiger partial charge in [0.25, 0.3) is 0 Å². The first-order chi connectivity index (χ1) is 8.22. The van der Waals surface area contributed by atoms with Crippen molar-refractivity contribution < 1.29 is 0 Å². The quantitative estimate of drug-likeness (QED) is 0.939. The lowest BCUT2D eigenvalue weighted by Crippen LogP contribution is -2.10. The molecular weight excluding hydrogens is 278 g/mol. The van der Waals surface area contributed by atoms with Gasteiger partial charge in [-0.15, -0.1) is 0 Å². The Morgan fingerprint density at radius 1 is 1.35 bits per heavy atom. The number of halogens is 1. The van der Waals surface area contributed by atoms with E-state index in [1.54, 1.807) is 0 Å². The first kappa shape index (κ1) is 12.3. The van der Waals surface area contributed by atoms with Crippen molar-refractivity contribution in [1.29, 1.82) is 0 Å². The molecule has 0 saturated heterocycles. The molecule has 0 amide bonds. The van der Waals surface area contributed by atoms with E-state index in [1.807, 2.05) is 29.9 Å². The van der Waals surface area contributed by atoms with E-state index in [0.717, 1.165) is 28.8 Å². The number of aromatic nitrogens is 2. The molecule has 17 heavy (non-hydrogen) atoms. The minimum absolute atomic E-state index is 0.975. The third kappa shape index (κ3) is 2.76. The summed E-state index contributed by atoms with van der Waals surface area (Å²) in [6, 6.07) is 8.11. The van der Waals surface area contributed by atoms with Crippen LogP contribution < -0.4 is 5.32 Å². The lowest BCUT2D eigenvalue weighted by Gasteiger charge is -2.03. The van der Waals surface area contributed by atoms with E-state index in [1.165, 1.54) is 5.56 Å². The average molecular weight is 294 g/mol. The Morgan fingerprint density at radius 3 is 2.82 bits per heavy atom. The highest BCUT2D eigenvalue weighted by Gasteiger charge is 2.07. The molecule has 1 heterocycles. The molecule has 0 bridgehead atoms. The number of hydrogen-bond donors (Lipinski definition) is 1. The van der Waals surface area contributed by atoms with E-state index < -0.39 is 0 Å². The third-order valence-electron chi connectivity index (χ3n) is 2.74. The minimum Gasteiger partial charge on any atom is -0.319 e. The number of benzene rings is 1. The molecule has 0 saturated carbocycles. The Labute approximate surface area is 110 Å². The molecule has 2 aromatic rings. The molecule has 1 N–H and O–H groups in total. The topological polar surface area (TPSA) is 29.9 Å². The zero-order valence-corrected chi connectivity index (χ0v) is 11.7. The van der Waals surface area contributed by atoms with Gasteiger partial charge >= 0.3 is 0 Å². The second kappa shape index (κ2) is 5.47. The van der Waals surface area contributed by atoms with Gasteiger partial charge in [-0.25, -0.2) is 4.68 Å². The Balaban J connectivity index is 2.31. The van der Waals surface area contributed by atoms with Crippen LogP contribution >= 0.6 is 15.9 Å². The number of likely N-dealkylation sites (N-methyl/N-ethyl adjacent to an activating group) is 1. The Hall–Kier alpha value is -1.13. The number of nitrogens with one attached hydrogen (secondary N) is 1. The fourth-order valence-electron chi connectivity index (χ4n) is 1.76. The third-order valence-corrected chi connectivity index (χ3v) is 3.41. The van der Waals surface area contributed by atoms with Gasteiger partial charge in [0, 0.05) is 10.7 Å². The average Bonchev–Trinajstić information content (AvgIpc) is 2.68. The van der Waals surface area contributed by atoms with Crippen molar-refractivity contribution in [2.45, 2.75) is 13.3 Å². The molecule has 4 heteroatoms. The fraction of sp³-hybridized carbons (Fsp3) is 0.308. The molecule has 1 aromatic heterocycles. The molecule has 0 spiro atoms. The van der Waals surface area contributed by atoms with Crippen LogP contribution in [0, 0.1) is 6.92 Å². The SMILES string of the molecule is CNCCc1cn(-c2ccccc2Br)nc1C. The minimum atomic E-state index is 0.975. The molecule has 0 fully saturated rings. The van der Waals surface area contributed by atoms with Crippen LogP contribution in [-0.2, 0) is 6.42 Å². The van der Waals surface area contributed by atoms with Crippen LogP contribution in [0.2, 0.25) is 0 Å². The van der Waals surface area contributed by atoms with Crippen molar-refractivity contribution in [1.82, 2.24) is 15.1 Å². The van der Waals surface area contributed by atoms with E-state index in [0.29, 0.717) is 0 Å². The van der Waals surface area contributed by atoms with Crippen LogP contribution in [-0.4, -0.2) is 23.4 Å². The summed E-state index contributed by atoms with van der Waals surface area (Å²) in [6.07, 6.45) is 3.11. The maximum absolute atomic E-state index is 4.55. The predicted octanol–water partition coefficient (Wildman–Crippen LogP) is 2.71. The largest absolute Gasteiger partial charge is 0.319 e. The van der Waals surface area contributed by atoms with E-state index >= 15 is 0 Å². The van der Waals surface area contributed by atoms with E-state index in [4.69, 9.17) is 0 Å². The number of para-hydroxylation sites is 1. The molecule has 1 aromatic carbocycles. The van der Waals surface area contributed by atoms with Crippen molar-refractivity contribution in [3.05, 3.63) is 46.2 Å². The van der Waals surface area contributed by atoms with Gasteiger partial charge in [0.1, 0.15) is 0 Å². The van der Waals surface area contributed by atoms with E-state index in [-0.39, 0.29) is 0 Å². The lowest BCUT2D eigenvalue weighted by atomic mass is 10.2. The van der Waals surface area contributed by atoms with Crippen molar-refractivity contribution in [2.75, 3.05) is 13.6 Å². The zero-order valence-electron chi connectivity index (χ0n) is 10.1. The molecule has 0 aliphatic carbocycles. The summed E-state index contributed by atoms with van der Waals surface area (Å²) < 4.78 is 2.99. The second-order valence-electron chi connectivity index (χ2n) is 3.99. The van der Waals surface area contributed by atoms with Gasteiger partial charge in [0.15, 0.2) is 0 Å². The summed E-state index contributed by atoms with van der Waals surface area (Å²) in [4.78, 5) is 0. The maximum atomic E-state index is 4.55. The van der Waals surface area contributed by atoms with Crippen LogP contribution in [0.5, 0.6) is 0 Å². The summed E-state index contributed by atoms with van der Waals surface area (Å²) in [5, 5.41) is 7.71. The number of aryl methyl sites for hydroxylation is 1. The molecular formula is C13H16BrN3. The summed E-state index contributed by atoms with van der Waals surface area (Å²) in [5.41, 5.74) is 3.46. The molecule has 2 rings (SSSR count). The summed E-state index contributed by atoms with van der Waals surface area (Å²) >= 11 is 3.55. The summed E-state index contributed by atoms with van der Waals surface area (Å²) in [6.45, 7) is 3.03. The molecule has 3 nitrogen and oxygen atoms in total. The summed E-state index contributed by atoms with van der Waals surface area (Å²) in [7, 11) is 1.97. The van der Waals surface area contributed by atoms with Crippen molar-refractivity contribution in [3.8, 4) is 5.69 Å². The number of rotatable bonds is 4. The molecule has 0 radical (unpaired) electrons. The molecule has 0 aliphatic heterocycles. The standard InChI is InChI=1S/C13H16BrN3/c1-10-11(7-8-15-2)9-17(16-10)13-6-4-3-5-12(13)14/h3-6,9,15H,7-8H2,1-2H3. The van der Waals surface area contributed by atoms with Crippen LogP contribution in [0.15, 0.2) is 34.9 Å². The van der Waals surface area contributed by atoms with E-state index in [9.17, 15) is 0 Å². The van der Waals surface area contributed by atoms with Crippen LogP contribution in [0.25, 0.3) is 5.69 Å². The molecule has 0 unspecified atom stereocenters. The lowest BCUT2D eigenvalue weighted by molar-refractivity contribution is 0.788. The molecule has 0 aliphatic rings. The highest BCUT2D eigenvalue weighted by atomic mass is 79.9. The smallest absolute Gasteiger partial charge is 0.0787 e. The highest BCUT2D eigenvalue weighted by molar-refractivity contribution is 9.10. The van der Waals surface area contributed by atoms with E-state index in [2.05, 4.69) is 45.5 Å². The maximum Gasteiger partial charge on any atom is 0.0787 e. The van der Waals surface area contributed by atoms with Gasteiger partial charge in [-0.05, 0) is 60.6 Å². The summed E-state index contributed by atoms with van der Waals surface area (Å²) in [5.74, 6) is 0.